The van der Waals surface area contributed by atoms with Crippen molar-refractivity contribution in [1.82, 2.24) is 0 Å². The predicted molar refractivity (Wildman–Crippen MR) is 76.2 cm³/mol. The highest BCUT2D eigenvalue weighted by molar-refractivity contribution is 5.94. The van der Waals surface area contributed by atoms with Gasteiger partial charge in [-0.1, -0.05) is 36.4 Å². The molecular formula is C16H15NO2. The lowest BCUT2D eigenvalue weighted by Gasteiger charge is -2.05. The van der Waals surface area contributed by atoms with E-state index in [-0.39, 0.29) is 11.7 Å². The molecule has 0 atom stereocenters. The number of carbonyl (C=O) groups excluding carboxylic acids is 2. The zero-order valence-corrected chi connectivity index (χ0v) is 10.9. The fraction of sp³-hybridized carbons (Fsp3) is 0.125. The lowest BCUT2D eigenvalue weighted by atomic mass is 10.0. The molecule has 1 N–H and O–H groups in total. The highest BCUT2D eigenvalue weighted by Gasteiger charge is 2.01. The van der Waals surface area contributed by atoms with Gasteiger partial charge in [-0.3, -0.25) is 9.59 Å². The Morgan fingerprint density at radius 3 is 1.68 bits per heavy atom. The molecule has 0 unspecified atom stereocenters. The number of nitrogens with one attached hydrogen (secondary N) is 1. The van der Waals surface area contributed by atoms with E-state index in [0.29, 0.717) is 5.56 Å². The van der Waals surface area contributed by atoms with Crippen LogP contribution in [0.15, 0.2) is 48.5 Å². The van der Waals surface area contributed by atoms with Crippen LogP contribution >= 0.6 is 0 Å². The van der Waals surface area contributed by atoms with Gasteiger partial charge in [-0.05, 0) is 30.2 Å². The van der Waals surface area contributed by atoms with Crippen molar-refractivity contribution >= 4 is 17.4 Å². The van der Waals surface area contributed by atoms with E-state index in [1.165, 1.54) is 6.92 Å². The molecule has 0 fully saturated rings. The Kier molecular flexibility index (Phi) is 3.76. The van der Waals surface area contributed by atoms with Crippen LogP contribution in [0, 0.1) is 0 Å². The Morgan fingerprint density at radius 2 is 1.26 bits per heavy atom. The average molecular weight is 253 g/mol. The van der Waals surface area contributed by atoms with Crippen LogP contribution in [0.5, 0.6) is 0 Å². The van der Waals surface area contributed by atoms with Crippen molar-refractivity contribution in [2.45, 2.75) is 13.8 Å². The standard InChI is InChI=1S/C16H15NO2/c1-11(18)13-3-5-14(6-4-13)15-7-9-16(10-8-15)17-12(2)19/h3-10H,1-2H3,(H,17,19). The number of anilines is 1. The molecule has 96 valence electrons. The van der Waals surface area contributed by atoms with E-state index >= 15 is 0 Å². The van der Waals surface area contributed by atoms with Crippen molar-refractivity contribution in [2.24, 2.45) is 0 Å². The minimum atomic E-state index is -0.0847. The van der Waals surface area contributed by atoms with Crippen LogP contribution in [-0.4, -0.2) is 11.7 Å². The molecule has 0 saturated carbocycles. The summed E-state index contributed by atoms with van der Waals surface area (Å²) in [6.07, 6.45) is 0. The summed E-state index contributed by atoms with van der Waals surface area (Å²) in [7, 11) is 0. The van der Waals surface area contributed by atoms with Gasteiger partial charge in [0.2, 0.25) is 5.91 Å². The molecule has 2 aromatic carbocycles. The van der Waals surface area contributed by atoms with Gasteiger partial charge in [0, 0.05) is 18.2 Å². The van der Waals surface area contributed by atoms with E-state index in [0.717, 1.165) is 16.8 Å². The molecule has 0 heterocycles. The predicted octanol–water partition coefficient (Wildman–Crippen LogP) is 3.51. The van der Waals surface area contributed by atoms with E-state index in [4.69, 9.17) is 0 Å². The summed E-state index contributed by atoms with van der Waals surface area (Å²) in [5.41, 5.74) is 3.57. The number of carbonyl (C=O) groups is 2. The third kappa shape index (κ3) is 3.28. The molecule has 0 aliphatic carbocycles. The zero-order chi connectivity index (χ0) is 13.8. The normalized spacial score (nSPS) is 10.0. The van der Waals surface area contributed by atoms with E-state index in [9.17, 15) is 9.59 Å². The van der Waals surface area contributed by atoms with Gasteiger partial charge in [0.15, 0.2) is 5.78 Å². The molecule has 19 heavy (non-hydrogen) atoms. The largest absolute Gasteiger partial charge is 0.326 e. The SMILES string of the molecule is CC(=O)Nc1ccc(-c2ccc(C(C)=O)cc2)cc1. The van der Waals surface area contributed by atoms with Crippen molar-refractivity contribution < 1.29 is 9.59 Å². The highest BCUT2D eigenvalue weighted by Crippen LogP contribution is 2.22. The maximum atomic E-state index is 11.2. The third-order valence-electron chi connectivity index (χ3n) is 2.83. The van der Waals surface area contributed by atoms with Gasteiger partial charge in [-0.2, -0.15) is 0 Å². The smallest absolute Gasteiger partial charge is 0.221 e. The fourth-order valence-corrected chi connectivity index (χ4v) is 1.85. The van der Waals surface area contributed by atoms with E-state index in [1.54, 1.807) is 6.92 Å². The summed E-state index contributed by atoms with van der Waals surface area (Å²) in [5.74, 6) is -0.0221. The van der Waals surface area contributed by atoms with Crippen molar-refractivity contribution in [2.75, 3.05) is 5.32 Å². The monoisotopic (exact) mass is 253 g/mol. The van der Waals surface area contributed by atoms with Gasteiger partial charge < -0.3 is 5.32 Å². The van der Waals surface area contributed by atoms with Gasteiger partial charge in [-0.15, -0.1) is 0 Å². The van der Waals surface area contributed by atoms with E-state index < -0.39 is 0 Å². The molecule has 3 nitrogen and oxygen atoms in total. The Morgan fingerprint density at radius 1 is 0.789 bits per heavy atom. The second kappa shape index (κ2) is 5.48. The maximum absolute atomic E-state index is 11.2. The molecule has 2 aromatic rings. The summed E-state index contributed by atoms with van der Waals surface area (Å²) in [6.45, 7) is 3.03. The van der Waals surface area contributed by atoms with Crippen molar-refractivity contribution in [3.8, 4) is 11.1 Å². The Balaban J connectivity index is 2.22. The number of benzene rings is 2. The second-order valence-electron chi connectivity index (χ2n) is 4.39. The molecule has 0 saturated heterocycles. The number of hydrogen-bond donors (Lipinski definition) is 1. The Hall–Kier alpha value is -2.42. The van der Waals surface area contributed by atoms with Crippen LogP contribution in [0.1, 0.15) is 24.2 Å². The summed E-state index contributed by atoms with van der Waals surface area (Å²) in [6, 6.07) is 15.1. The summed E-state index contributed by atoms with van der Waals surface area (Å²) in [5, 5.41) is 2.72. The first-order valence-electron chi connectivity index (χ1n) is 6.05. The molecule has 0 bridgehead atoms. The van der Waals surface area contributed by atoms with Crippen molar-refractivity contribution in [1.29, 1.82) is 0 Å². The minimum absolute atomic E-state index is 0.0626. The first-order chi connectivity index (χ1) is 9.06. The average Bonchev–Trinajstić information content (AvgIpc) is 2.39. The maximum Gasteiger partial charge on any atom is 0.221 e. The van der Waals surface area contributed by atoms with Crippen LogP contribution in [-0.2, 0) is 4.79 Å². The second-order valence-corrected chi connectivity index (χ2v) is 4.39. The molecule has 0 spiro atoms. The third-order valence-corrected chi connectivity index (χ3v) is 2.83. The van der Waals surface area contributed by atoms with Gasteiger partial charge in [0.1, 0.15) is 0 Å². The molecule has 1 amide bonds. The van der Waals surface area contributed by atoms with E-state index in [2.05, 4.69) is 5.32 Å². The number of Topliss-reactive ketones (excluding diaryl/α,β-unsaturated/α-hetero) is 1. The van der Waals surface area contributed by atoms with E-state index in [1.807, 2.05) is 48.5 Å². The number of hydrogen-bond acceptors (Lipinski definition) is 2. The summed E-state index contributed by atoms with van der Waals surface area (Å²) in [4.78, 5) is 22.1. The fourth-order valence-electron chi connectivity index (χ4n) is 1.85. The molecule has 0 aromatic heterocycles. The van der Waals surface area contributed by atoms with Gasteiger partial charge in [-0.25, -0.2) is 0 Å². The number of amides is 1. The van der Waals surface area contributed by atoms with Gasteiger partial charge in [0.05, 0.1) is 0 Å². The van der Waals surface area contributed by atoms with Crippen molar-refractivity contribution in [3.05, 3.63) is 54.1 Å². The number of ketones is 1. The molecule has 0 radical (unpaired) electrons. The Bertz CT molecular complexity index is 598. The molecular weight excluding hydrogens is 238 g/mol. The van der Waals surface area contributed by atoms with Crippen LogP contribution < -0.4 is 5.32 Å². The number of rotatable bonds is 3. The van der Waals surface area contributed by atoms with Crippen LogP contribution in [0.2, 0.25) is 0 Å². The Labute approximate surface area is 112 Å². The van der Waals surface area contributed by atoms with Crippen LogP contribution in [0.25, 0.3) is 11.1 Å². The topological polar surface area (TPSA) is 46.2 Å². The summed E-state index contributed by atoms with van der Waals surface area (Å²) >= 11 is 0. The van der Waals surface area contributed by atoms with Crippen LogP contribution in [0.3, 0.4) is 0 Å². The zero-order valence-electron chi connectivity index (χ0n) is 10.9. The highest BCUT2D eigenvalue weighted by atomic mass is 16.1. The summed E-state index contributed by atoms with van der Waals surface area (Å²) < 4.78 is 0. The minimum Gasteiger partial charge on any atom is -0.326 e. The first-order valence-corrected chi connectivity index (χ1v) is 6.05. The lowest BCUT2D eigenvalue weighted by Crippen LogP contribution is -2.05. The van der Waals surface area contributed by atoms with Gasteiger partial charge in [0.25, 0.3) is 0 Å². The van der Waals surface area contributed by atoms with Gasteiger partial charge >= 0.3 is 0 Å². The molecule has 3 heteroatoms. The van der Waals surface area contributed by atoms with Crippen LogP contribution in [0.4, 0.5) is 5.69 Å². The quantitative estimate of drug-likeness (QED) is 0.851. The molecule has 2 rings (SSSR count). The molecule has 0 aliphatic rings. The molecule has 0 aliphatic heterocycles. The van der Waals surface area contributed by atoms with Crippen molar-refractivity contribution in [3.63, 3.8) is 0 Å². The first kappa shape index (κ1) is 13.0. The lowest BCUT2D eigenvalue weighted by molar-refractivity contribution is -0.114.